The highest BCUT2D eigenvalue weighted by Crippen LogP contribution is 2.27. The SMILES string of the molecule is CC(C)c1c(C(=O)NC2CCCC2CN)cnn1-c1ccc(F)cc1. The molecule has 2 aromatic rings. The summed E-state index contributed by atoms with van der Waals surface area (Å²) in [5, 5.41) is 7.51. The summed E-state index contributed by atoms with van der Waals surface area (Å²) < 4.78 is 14.9. The zero-order valence-electron chi connectivity index (χ0n) is 14.7. The zero-order valence-corrected chi connectivity index (χ0v) is 14.7. The third-order valence-electron chi connectivity index (χ3n) is 4.95. The molecule has 3 rings (SSSR count). The van der Waals surface area contributed by atoms with Crippen LogP contribution in [0, 0.1) is 11.7 Å². The van der Waals surface area contributed by atoms with Gasteiger partial charge in [-0.25, -0.2) is 9.07 Å². The van der Waals surface area contributed by atoms with E-state index < -0.39 is 0 Å². The molecule has 2 atom stereocenters. The van der Waals surface area contributed by atoms with Crippen LogP contribution < -0.4 is 11.1 Å². The standard InChI is InChI=1S/C19H25FN4O/c1-12(2)18-16(19(25)23-17-5-3-4-13(17)10-21)11-22-24(18)15-8-6-14(20)7-9-15/h6-9,11-13,17H,3-5,10,21H2,1-2H3,(H,23,25). The van der Waals surface area contributed by atoms with Gasteiger partial charge in [-0.15, -0.1) is 0 Å². The van der Waals surface area contributed by atoms with E-state index in [1.54, 1.807) is 23.0 Å². The quantitative estimate of drug-likeness (QED) is 0.876. The fraction of sp³-hybridized carbons (Fsp3) is 0.474. The molecule has 1 amide bonds. The Balaban J connectivity index is 1.89. The van der Waals surface area contributed by atoms with Gasteiger partial charge in [0.25, 0.3) is 5.91 Å². The molecule has 1 fully saturated rings. The number of carbonyl (C=O) groups excluding carboxylic acids is 1. The molecule has 1 aromatic carbocycles. The van der Waals surface area contributed by atoms with Crippen LogP contribution in [0.4, 0.5) is 4.39 Å². The average Bonchev–Trinajstić information content (AvgIpc) is 3.21. The van der Waals surface area contributed by atoms with Gasteiger partial charge in [-0.1, -0.05) is 20.3 Å². The highest BCUT2D eigenvalue weighted by Gasteiger charge is 2.29. The lowest BCUT2D eigenvalue weighted by molar-refractivity contribution is 0.0927. The van der Waals surface area contributed by atoms with Crippen molar-refractivity contribution in [1.82, 2.24) is 15.1 Å². The van der Waals surface area contributed by atoms with Crippen molar-refractivity contribution >= 4 is 5.91 Å². The molecule has 1 heterocycles. The fourth-order valence-corrected chi connectivity index (χ4v) is 3.63. The van der Waals surface area contributed by atoms with Gasteiger partial charge in [-0.05, 0) is 55.5 Å². The van der Waals surface area contributed by atoms with Crippen LogP contribution in [0.25, 0.3) is 5.69 Å². The van der Waals surface area contributed by atoms with E-state index in [1.807, 2.05) is 13.8 Å². The second-order valence-corrected chi connectivity index (χ2v) is 6.99. The third-order valence-corrected chi connectivity index (χ3v) is 4.95. The molecule has 2 unspecified atom stereocenters. The number of benzene rings is 1. The van der Waals surface area contributed by atoms with Gasteiger partial charge in [-0.3, -0.25) is 4.79 Å². The molecule has 25 heavy (non-hydrogen) atoms. The van der Waals surface area contributed by atoms with E-state index >= 15 is 0 Å². The molecule has 0 radical (unpaired) electrons. The maximum atomic E-state index is 13.2. The highest BCUT2D eigenvalue weighted by atomic mass is 19.1. The van der Waals surface area contributed by atoms with Gasteiger partial charge in [0, 0.05) is 6.04 Å². The normalized spacial score (nSPS) is 20.2. The van der Waals surface area contributed by atoms with E-state index in [9.17, 15) is 9.18 Å². The Labute approximate surface area is 147 Å². The largest absolute Gasteiger partial charge is 0.349 e. The van der Waals surface area contributed by atoms with Crippen LogP contribution >= 0.6 is 0 Å². The molecule has 1 aliphatic carbocycles. The Morgan fingerprint density at radius 1 is 1.36 bits per heavy atom. The molecule has 5 nitrogen and oxygen atoms in total. The monoisotopic (exact) mass is 344 g/mol. The van der Waals surface area contributed by atoms with E-state index in [-0.39, 0.29) is 23.7 Å². The first-order valence-electron chi connectivity index (χ1n) is 8.86. The van der Waals surface area contributed by atoms with E-state index in [0.29, 0.717) is 18.0 Å². The molecule has 0 bridgehead atoms. The minimum Gasteiger partial charge on any atom is -0.349 e. The second-order valence-electron chi connectivity index (χ2n) is 6.99. The van der Waals surface area contributed by atoms with Crippen LogP contribution in [0.1, 0.15) is 55.1 Å². The summed E-state index contributed by atoms with van der Waals surface area (Å²) in [6.07, 6.45) is 4.73. The Morgan fingerprint density at radius 3 is 2.72 bits per heavy atom. The van der Waals surface area contributed by atoms with Gasteiger partial charge in [0.05, 0.1) is 23.1 Å². The van der Waals surface area contributed by atoms with Crippen molar-refractivity contribution in [3.05, 3.63) is 47.5 Å². The third kappa shape index (κ3) is 3.58. The van der Waals surface area contributed by atoms with Crippen LogP contribution in [0.2, 0.25) is 0 Å². The van der Waals surface area contributed by atoms with Gasteiger partial charge < -0.3 is 11.1 Å². The number of rotatable bonds is 5. The summed E-state index contributed by atoms with van der Waals surface area (Å²) in [5.41, 5.74) is 7.95. The minimum atomic E-state index is -0.297. The van der Waals surface area contributed by atoms with Crippen molar-refractivity contribution < 1.29 is 9.18 Å². The van der Waals surface area contributed by atoms with Gasteiger partial charge in [0.15, 0.2) is 0 Å². The Bertz CT molecular complexity index is 738. The van der Waals surface area contributed by atoms with E-state index in [0.717, 1.165) is 30.6 Å². The van der Waals surface area contributed by atoms with Gasteiger partial charge >= 0.3 is 0 Å². The first-order chi connectivity index (χ1) is 12.0. The maximum absolute atomic E-state index is 13.2. The minimum absolute atomic E-state index is 0.0992. The lowest BCUT2D eigenvalue weighted by Crippen LogP contribution is -2.40. The molecule has 0 aliphatic heterocycles. The number of nitrogens with one attached hydrogen (secondary N) is 1. The van der Waals surface area contributed by atoms with Crippen LogP contribution in [0.3, 0.4) is 0 Å². The molecule has 0 saturated heterocycles. The topological polar surface area (TPSA) is 72.9 Å². The summed E-state index contributed by atoms with van der Waals surface area (Å²) in [7, 11) is 0. The summed E-state index contributed by atoms with van der Waals surface area (Å²) >= 11 is 0. The van der Waals surface area contributed by atoms with Gasteiger partial charge in [0.2, 0.25) is 0 Å². The number of nitrogens with zero attached hydrogens (tertiary/aromatic N) is 2. The van der Waals surface area contributed by atoms with Crippen molar-refractivity contribution in [3.63, 3.8) is 0 Å². The van der Waals surface area contributed by atoms with Crippen molar-refractivity contribution in [2.24, 2.45) is 11.7 Å². The van der Waals surface area contributed by atoms with Crippen LogP contribution in [0.5, 0.6) is 0 Å². The summed E-state index contributed by atoms with van der Waals surface area (Å²) in [6, 6.07) is 6.25. The Morgan fingerprint density at radius 2 is 2.08 bits per heavy atom. The number of hydrogen-bond donors (Lipinski definition) is 2. The van der Waals surface area contributed by atoms with Crippen LogP contribution in [0.15, 0.2) is 30.5 Å². The predicted octanol–water partition coefficient (Wildman–Crippen LogP) is 2.99. The number of nitrogens with two attached hydrogens (primary N) is 1. The number of halogens is 1. The summed E-state index contributed by atoms with van der Waals surface area (Å²) in [6.45, 7) is 4.63. The Hall–Kier alpha value is -2.21. The van der Waals surface area contributed by atoms with E-state index in [2.05, 4.69) is 10.4 Å². The number of aromatic nitrogens is 2. The van der Waals surface area contributed by atoms with Crippen molar-refractivity contribution in [1.29, 1.82) is 0 Å². The molecule has 6 heteroatoms. The Kier molecular flexibility index (Phi) is 5.18. The van der Waals surface area contributed by atoms with E-state index in [4.69, 9.17) is 5.73 Å². The molecular formula is C19H25FN4O. The average molecular weight is 344 g/mol. The zero-order chi connectivity index (χ0) is 18.0. The first kappa shape index (κ1) is 17.6. The maximum Gasteiger partial charge on any atom is 0.255 e. The molecule has 0 spiro atoms. The molecule has 1 aliphatic rings. The second kappa shape index (κ2) is 7.35. The number of hydrogen-bond acceptors (Lipinski definition) is 3. The van der Waals surface area contributed by atoms with Crippen molar-refractivity contribution in [3.8, 4) is 5.69 Å². The first-order valence-corrected chi connectivity index (χ1v) is 8.86. The molecule has 134 valence electrons. The summed E-state index contributed by atoms with van der Waals surface area (Å²) in [4.78, 5) is 12.8. The lowest BCUT2D eigenvalue weighted by atomic mass is 10.0. The smallest absolute Gasteiger partial charge is 0.255 e. The molecule has 3 N–H and O–H groups in total. The predicted molar refractivity (Wildman–Crippen MR) is 95.3 cm³/mol. The molecule has 1 aromatic heterocycles. The fourth-order valence-electron chi connectivity index (χ4n) is 3.63. The van der Waals surface area contributed by atoms with Crippen LogP contribution in [-0.2, 0) is 0 Å². The summed E-state index contributed by atoms with van der Waals surface area (Å²) in [5.74, 6) is 0.0391. The van der Waals surface area contributed by atoms with Crippen molar-refractivity contribution in [2.45, 2.75) is 45.1 Å². The number of amides is 1. The lowest BCUT2D eigenvalue weighted by Gasteiger charge is -2.20. The highest BCUT2D eigenvalue weighted by molar-refractivity contribution is 5.95. The molecular weight excluding hydrogens is 319 g/mol. The van der Waals surface area contributed by atoms with Gasteiger partial charge in [0.1, 0.15) is 5.82 Å². The van der Waals surface area contributed by atoms with Gasteiger partial charge in [-0.2, -0.15) is 5.10 Å². The molecule has 1 saturated carbocycles. The van der Waals surface area contributed by atoms with Crippen molar-refractivity contribution in [2.75, 3.05) is 6.54 Å². The van der Waals surface area contributed by atoms with E-state index in [1.165, 1.54) is 12.1 Å². The number of carbonyl (C=O) groups is 1. The van der Waals surface area contributed by atoms with Crippen LogP contribution in [-0.4, -0.2) is 28.3 Å².